The molecule has 1 unspecified atom stereocenters. The molecule has 5 heteroatoms. The first-order chi connectivity index (χ1) is 7.09. The van der Waals surface area contributed by atoms with Crippen LogP contribution < -0.4 is 11.1 Å². The van der Waals surface area contributed by atoms with Crippen molar-refractivity contribution in [2.45, 2.75) is 25.9 Å². The summed E-state index contributed by atoms with van der Waals surface area (Å²) < 4.78 is 0. The Hall–Kier alpha value is -1.00. The van der Waals surface area contributed by atoms with E-state index in [9.17, 15) is 0 Å². The fraction of sp³-hybridized carbons (Fsp3) is 0.500. The molecule has 0 aliphatic carbocycles. The average molecular weight is 230 g/mol. The number of nitrogens with zero attached hydrogens (tertiary/aromatic N) is 1. The molecule has 0 bridgehead atoms. The molecule has 0 spiro atoms. The number of halogens is 1. The maximum Gasteiger partial charge on any atom is 0.150 e. The third kappa shape index (κ3) is 4.36. The van der Waals surface area contributed by atoms with E-state index < -0.39 is 0 Å². The standard InChI is InChI=1S/C10H16ClN3O/c1-7(15)3-2-6-13-10-8(12)4-5-9(11)14-10/h4-5,7,15H,2-3,6,12H2,1H3,(H,13,14). The Bertz CT molecular complexity index is 318. The predicted octanol–water partition coefficient (Wildman–Crippen LogP) is 1.89. The first-order valence-electron chi connectivity index (χ1n) is 4.93. The number of anilines is 2. The number of hydrogen-bond donors (Lipinski definition) is 3. The summed E-state index contributed by atoms with van der Waals surface area (Å²) in [5.41, 5.74) is 6.28. The molecule has 0 saturated carbocycles. The molecule has 4 nitrogen and oxygen atoms in total. The van der Waals surface area contributed by atoms with Gasteiger partial charge < -0.3 is 16.2 Å². The minimum absolute atomic E-state index is 0.267. The lowest BCUT2D eigenvalue weighted by Gasteiger charge is -2.09. The Morgan fingerprint density at radius 1 is 1.60 bits per heavy atom. The quantitative estimate of drug-likeness (QED) is 0.533. The van der Waals surface area contributed by atoms with Crippen molar-refractivity contribution in [3.05, 3.63) is 17.3 Å². The largest absolute Gasteiger partial charge is 0.396 e. The fourth-order valence-electron chi connectivity index (χ4n) is 1.19. The predicted molar refractivity (Wildman–Crippen MR) is 63.1 cm³/mol. The van der Waals surface area contributed by atoms with Crippen molar-refractivity contribution in [3.8, 4) is 0 Å². The minimum Gasteiger partial charge on any atom is -0.396 e. The molecule has 0 aliphatic heterocycles. The molecule has 15 heavy (non-hydrogen) atoms. The van der Waals surface area contributed by atoms with Gasteiger partial charge in [-0.1, -0.05) is 11.6 Å². The van der Waals surface area contributed by atoms with Gasteiger partial charge in [0.2, 0.25) is 0 Å². The van der Waals surface area contributed by atoms with Crippen LogP contribution in [0.5, 0.6) is 0 Å². The number of hydrogen-bond acceptors (Lipinski definition) is 4. The van der Waals surface area contributed by atoms with Crippen molar-refractivity contribution in [2.24, 2.45) is 0 Å². The minimum atomic E-state index is -0.267. The van der Waals surface area contributed by atoms with Crippen LogP contribution in [0.15, 0.2) is 12.1 Å². The Kier molecular flexibility index (Phi) is 4.65. The van der Waals surface area contributed by atoms with Gasteiger partial charge in [-0.3, -0.25) is 0 Å². The van der Waals surface area contributed by atoms with Gasteiger partial charge in [-0.15, -0.1) is 0 Å². The van der Waals surface area contributed by atoms with Crippen LogP contribution in [0.4, 0.5) is 11.5 Å². The van der Waals surface area contributed by atoms with E-state index in [2.05, 4.69) is 10.3 Å². The van der Waals surface area contributed by atoms with Crippen molar-refractivity contribution in [1.29, 1.82) is 0 Å². The average Bonchev–Trinajstić information content (AvgIpc) is 2.17. The Balaban J connectivity index is 2.40. The van der Waals surface area contributed by atoms with E-state index >= 15 is 0 Å². The van der Waals surface area contributed by atoms with Gasteiger partial charge in [-0.05, 0) is 31.9 Å². The molecule has 0 saturated heterocycles. The number of nitrogens with two attached hydrogens (primary N) is 1. The van der Waals surface area contributed by atoms with Crippen molar-refractivity contribution >= 4 is 23.1 Å². The van der Waals surface area contributed by atoms with Crippen molar-refractivity contribution in [3.63, 3.8) is 0 Å². The summed E-state index contributed by atoms with van der Waals surface area (Å²) >= 11 is 5.73. The van der Waals surface area contributed by atoms with Crippen LogP contribution in [0.3, 0.4) is 0 Å². The summed E-state index contributed by atoms with van der Waals surface area (Å²) in [7, 11) is 0. The number of pyridine rings is 1. The lowest BCUT2D eigenvalue weighted by atomic mass is 10.2. The van der Waals surface area contributed by atoms with Crippen molar-refractivity contribution < 1.29 is 5.11 Å². The molecular formula is C10H16ClN3O. The molecule has 0 amide bonds. The zero-order valence-electron chi connectivity index (χ0n) is 8.70. The van der Waals surface area contributed by atoms with E-state index in [1.807, 2.05) is 0 Å². The normalized spacial score (nSPS) is 12.5. The molecular weight excluding hydrogens is 214 g/mol. The molecule has 1 heterocycles. The van der Waals surface area contributed by atoms with Gasteiger partial charge in [-0.2, -0.15) is 0 Å². The van der Waals surface area contributed by atoms with Crippen molar-refractivity contribution in [2.75, 3.05) is 17.6 Å². The Morgan fingerprint density at radius 2 is 2.33 bits per heavy atom. The van der Waals surface area contributed by atoms with Crippen LogP contribution in [0.25, 0.3) is 0 Å². The van der Waals surface area contributed by atoms with Crippen molar-refractivity contribution in [1.82, 2.24) is 4.98 Å². The molecule has 84 valence electrons. The molecule has 4 N–H and O–H groups in total. The van der Waals surface area contributed by atoms with E-state index in [0.717, 1.165) is 19.4 Å². The fourth-order valence-corrected chi connectivity index (χ4v) is 1.34. The van der Waals surface area contributed by atoms with Gasteiger partial charge in [0.15, 0.2) is 5.82 Å². The number of nitrogens with one attached hydrogen (secondary N) is 1. The third-order valence-corrected chi connectivity index (χ3v) is 2.19. The summed E-state index contributed by atoms with van der Waals surface area (Å²) in [4.78, 5) is 4.06. The van der Waals surface area contributed by atoms with Gasteiger partial charge in [0.25, 0.3) is 0 Å². The molecule has 1 rings (SSSR count). The summed E-state index contributed by atoms with van der Waals surface area (Å²) in [6, 6.07) is 3.37. The van der Waals surface area contributed by atoms with Gasteiger partial charge in [0, 0.05) is 6.54 Å². The highest BCUT2D eigenvalue weighted by Crippen LogP contribution is 2.18. The van der Waals surface area contributed by atoms with Gasteiger partial charge in [0.1, 0.15) is 5.15 Å². The van der Waals surface area contributed by atoms with Gasteiger partial charge in [-0.25, -0.2) is 4.98 Å². The SMILES string of the molecule is CC(O)CCCNc1nc(Cl)ccc1N. The topological polar surface area (TPSA) is 71.2 Å². The summed E-state index contributed by atoms with van der Waals surface area (Å²) in [5.74, 6) is 0.605. The second-order valence-corrected chi connectivity index (χ2v) is 3.88. The smallest absolute Gasteiger partial charge is 0.150 e. The monoisotopic (exact) mass is 229 g/mol. The van der Waals surface area contributed by atoms with Crippen LogP contribution in [0, 0.1) is 0 Å². The summed E-state index contributed by atoms with van der Waals surface area (Å²) in [6.45, 7) is 2.49. The number of aromatic nitrogens is 1. The lowest BCUT2D eigenvalue weighted by Crippen LogP contribution is -2.09. The first-order valence-corrected chi connectivity index (χ1v) is 5.31. The van der Waals surface area contributed by atoms with Gasteiger partial charge >= 0.3 is 0 Å². The number of nitrogen functional groups attached to an aromatic ring is 1. The van der Waals surface area contributed by atoms with E-state index in [-0.39, 0.29) is 6.10 Å². The zero-order valence-corrected chi connectivity index (χ0v) is 9.46. The summed E-state index contributed by atoms with van der Waals surface area (Å²) in [5, 5.41) is 12.6. The number of aliphatic hydroxyl groups is 1. The third-order valence-electron chi connectivity index (χ3n) is 1.98. The molecule has 0 aromatic carbocycles. The van der Waals surface area contributed by atoms with Crippen LogP contribution in [-0.4, -0.2) is 22.7 Å². The maximum atomic E-state index is 9.06. The number of rotatable bonds is 5. The van der Waals surface area contributed by atoms with E-state index in [4.69, 9.17) is 22.4 Å². The second-order valence-electron chi connectivity index (χ2n) is 3.49. The van der Waals surface area contributed by atoms with Crippen LogP contribution in [-0.2, 0) is 0 Å². The Labute approximate surface area is 94.5 Å². The highest BCUT2D eigenvalue weighted by Gasteiger charge is 2.01. The molecule has 1 aromatic heterocycles. The van der Waals surface area contributed by atoms with E-state index in [0.29, 0.717) is 16.7 Å². The second kappa shape index (κ2) is 5.78. The molecule has 0 aliphatic rings. The number of aliphatic hydroxyl groups excluding tert-OH is 1. The Morgan fingerprint density at radius 3 is 3.00 bits per heavy atom. The van der Waals surface area contributed by atoms with E-state index in [1.165, 1.54) is 0 Å². The van der Waals surface area contributed by atoms with Crippen LogP contribution >= 0.6 is 11.6 Å². The van der Waals surface area contributed by atoms with Gasteiger partial charge in [0.05, 0.1) is 11.8 Å². The van der Waals surface area contributed by atoms with Crippen LogP contribution in [0.1, 0.15) is 19.8 Å². The molecule has 1 aromatic rings. The van der Waals surface area contributed by atoms with E-state index in [1.54, 1.807) is 19.1 Å². The summed E-state index contributed by atoms with van der Waals surface area (Å²) in [6.07, 6.45) is 1.36. The van der Waals surface area contributed by atoms with Crippen LogP contribution in [0.2, 0.25) is 5.15 Å². The molecule has 0 fully saturated rings. The maximum absolute atomic E-state index is 9.06. The lowest BCUT2D eigenvalue weighted by molar-refractivity contribution is 0.183. The zero-order chi connectivity index (χ0) is 11.3. The first kappa shape index (κ1) is 12.1. The molecule has 0 radical (unpaired) electrons. The highest BCUT2D eigenvalue weighted by molar-refractivity contribution is 6.29. The molecule has 1 atom stereocenters. The highest BCUT2D eigenvalue weighted by atomic mass is 35.5.